The van der Waals surface area contributed by atoms with Crippen molar-refractivity contribution in [1.29, 1.82) is 0 Å². The quantitative estimate of drug-likeness (QED) is 0.586. The van der Waals surface area contributed by atoms with Gasteiger partial charge in [0.05, 0.1) is 0 Å². The summed E-state index contributed by atoms with van der Waals surface area (Å²) in [6.07, 6.45) is 0. The Balaban J connectivity index is 2.98. The minimum Gasteiger partial charge on any atom is -0.587 e. The third-order valence-corrected chi connectivity index (χ3v) is 1.66. The third kappa shape index (κ3) is 1.62. The van der Waals surface area contributed by atoms with Crippen molar-refractivity contribution in [3.8, 4) is 0 Å². The van der Waals surface area contributed by atoms with Crippen LogP contribution in [0.3, 0.4) is 0 Å². The lowest BCUT2D eigenvalue weighted by Gasteiger charge is -1.99. The Labute approximate surface area is 56.3 Å². The maximum atomic E-state index is 10.4. The zero-order valence-electron chi connectivity index (χ0n) is 4.70. The van der Waals surface area contributed by atoms with Crippen LogP contribution in [0.15, 0.2) is 35.2 Å². The fourth-order valence-corrected chi connectivity index (χ4v) is 0.948. The van der Waals surface area contributed by atoms with Crippen LogP contribution in [-0.2, 0) is 11.0 Å². The Bertz CT molecular complexity index is 210. The average molecular weight is 140 g/mol. The molecule has 0 aromatic heterocycles. The van der Waals surface area contributed by atoms with Gasteiger partial charge < -0.3 is 5.14 Å². The SMILES string of the molecule is [NH-]S(=O)c1ccccc1. The van der Waals surface area contributed by atoms with Crippen LogP contribution >= 0.6 is 0 Å². The van der Waals surface area contributed by atoms with Gasteiger partial charge in [-0.2, -0.15) is 0 Å². The molecule has 1 aromatic carbocycles. The molecular formula is C6H6NOS-. The van der Waals surface area contributed by atoms with Gasteiger partial charge in [0.15, 0.2) is 0 Å². The minimum atomic E-state index is -1.58. The van der Waals surface area contributed by atoms with E-state index in [1.165, 1.54) is 0 Å². The second-order valence-corrected chi connectivity index (χ2v) is 2.59. The molecule has 0 aliphatic carbocycles. The fourth-order valence-electron chi connectivity index (χ4n) is 0.544. The maximum Gasteiger partial charge on any atom is 0.0186 e. The summed E-state index contributed by atoms with van der Waals surface area (Å²) in [6, 6.07) is 8.70. The van der Waals surface area contributed by atoms with Crippen LogP contribution in [0, 0.1) is 0 Å². The van der Waals surface area contributed by atoms with Gasteiger partial charge in [-0.1, -0.05) is 18.2 Å². The molecule has 1 atom stereocenters. The molecule has 0 heterocycles. The summed E-state index contributed by atoms with van der Waals surface area (Å²) in [7, 11) is -1.58. The van der Waals surface area contributed by atoms with Crippen molar-refractivity contribution in [1.82, 2.24) is 0 Å². The van der Waals surface area contributed by atoms with Crippen molar-refractivity contribution in [3.63, 3.8) is 0 Å². The van der Waals surface area contributed by atoms with Crippen molar-refractivity contribution in [2.45, 2.75) is 4.90 Å². The van der Waals surface area contributed by atoms with Crippen LogP contribution in [0.2, 0.25) is 0 Å². The van der Waals surface area contributed by atoms with Crippen LogP contribution in [0.5, 0.6) is 0 Å². The standard InChI is InChI=1S/C6H6NOS/c7-9(8)6-4-2-1-3-5-6/h1-5,7H/q-1. The summed E-state index contributed by atoms with van der Waals surface area (Å²) >= 11 is 0. The van der Waals surface area contributed by atoms with E-state index in [1.807, 2.05) is 6.07 Å². The van der Waals surface area contributed by atoms with Crippen molar-refractivity contribution < 1.29 is 4.21 Å². The van der Waals surface area contributed by atoms with E-state index < -0.39 is 11.0 Å². The fraction of sp³-hybridized carbons (Fsp3) is 0. The first-order valence-corrected chi connectivity index (χ1v) is 3.64. The molecular weight excluding hydrogens is 134 g/mol. The van der Waals surface area contributed by atoms with Gasteiger partial charge in [0.2, 0.25) is 0 Å². The zero-order chi connectivity index (χ0) is 6.69. The Morgan fingerprint density at radius 1 is 1.22 bits per heavy atom. The molecule has 0 bridgehead atoms. The topological polar surface area (TPSA) is 40.9 Å². The van der Waals surface area contributed by atoms with Gasteiger partial charge in [-0.3, -0.25) is 4.21 Å². The number of nitrogens with one attached hydrogen (secondary N) is 1. The summed E-state index contributed by atoms with van der Waals surface area (Å²) < 4.78 is 10.4. The van der Waals surface area contributed by atoms with E-state index in [2.05, 4.69) is 0 Å². The highest BCUT2D eigenvalue weighted by atomic mass is 32.2. The van der Waals surface area contributed by atoms with E-state index in [4.69, 9.17) is 5.14 Å². The first kappa shape index (κ1) is 6.45. The Kier molecular flexibility index (Phi) is 1.97. The summed E-state index contributed by atoms with van der Waals surface area (Å²) in [4.78, 5) is 0.553. The summed E-state index contributed by atoms with van der Waals surface area (Å²) in [5, 5.41) is 6.79. The highest BCUT2D eigenvalue weighted by Crippen LogP contribution is 2.03. The molecule has 0 spiro atoms. The van der Waals surface area contributed by atoms with Crippen LogP contribution in [0.1, 0.15) is 0 Å². The molecule has 0 saturated heterocycles. The molecule has 9 heavy (non-hydrogen) atoms. The van der Waals surface area contributed by atoms with Gasteiger partial charge in [-0.05, 0) is 23.1 Å². The van der Waals surface area contributed by atoms with E-state index in [0.29, 0.717) is 4.90 Å². The molecule has 3 heteroatoms. The van der Waals surface area contributed by atoms with E-state index in [9.17, 15) is 4.21 Å². The summed E-state index contributed by atoms with van der Waals surface area (Å²) in [6.45, 7) is 0. The minimum absolute atomic E-state index is 0.553. The number of rotatable bonds is 1. The Morgan fingerprint density at radius 3 is 2.11 bits per heavy atom. The second-order valence-electron chi connectivity index (χ2n) is 1.58. The molecule has 1 N–H and O–H groups in total. The summed E-state index contributed by atoms with van der Waals surface area (Å²) in [5.74, 6) is 0. The summed E-state index contributed by atoms with van der Waals surface area (Å²) in [5.41, 5.74) is 0. The molecule has 1 rings (SSSR count). The molecule has 48 valence electrons. The molecule has 0 aliphatic rings. The van der Waals surface area contributed by atoms with Gasteiger partial charge in [-0.15, -0.1) is 0 Å². The van der Waals surface area contributed by atoms with E-state index in [1.54, 1.807) is 24.3 Å². The van der Waals surface area contributed by atoms with Gasteiger partial charge in [0.25, 0.3) is 0 Å². The lowest BCUT2D eigenvalue weighted by molar-refractivity contribution is 0.688. The zero-order valence-corrected chi connectivity index (χ0v) is 5.52. The highest BCUT2D eigenvalue weighted by molar-refractivity contribution is 7.86. The molecule has 1 unspecified atom stereocenters. The Morgan fingerprint density at radius 2 is 1.78 bits per heavy atom. The van der Waals surface area contributed by atoms with Crippen molar-refractivity contribution in [2.24, 2.45) is 0 Å². The third-order valence-electron chi connectivity index (χ3n) is 0.957. The second kappa shape index (κ2) is 2.75. The van der Waals surface area contributed by atoms with Gasteiger partial charge in [-0.25, -0.2) is 0 Å². The smallest absolute Gasteiger partial charge is 0.0186 e. The maximum absolute atomic E-state index is 10.4. The van der Waals surface area contributed by atoms with Crippen molar-refractivity contribution in [2.75, 3.05) is 0 Å². The largest absolute Gasteiger partial charge is 0.587 e. The van der Waals surface area contributed by atoms with Crippen LogP contribution < -0.4 is 0 Å². The van der Waals surface area contributed by atoms with E-state index in [-0.39, 0.29) is 0 Å². The molecule has 0 amide bonds. The average Bonchev–Trinajstić information content (AvgIpc) is 1.90. The van der Waals surface area contributed by atoms with Crippen LogP contribution in [-0.4, -0.2) is 4.21 Å². The molecule has 0 aliphatic heterocycles. The van der Waals surface area contributed by atoms with Crippen molar-refractivity contribution >= 4 is 11.0 Å². The van der Waals surface area contributed by atoms with Gasteiger partial charge in [0.1, 0.15) is 0 Å². The first-order valence-electron chi connectivity index (χ1n) is 2.49. The molecule has 0 radical (unpaired) electrons. The normalized spacial score (nSPS) is 13.0. The van der Waals surface area contributed by atoms with Crippen LogP contribution in [0.25, 0.3) is 5.14 Å². The van der Waals surface area contributed by atoms with E-state index >= 15 is 0 Å². The van der Waals surface area contributed by atoms with Crippen molar-refractivity contribution in [3.05, 3.63) is 35.5 Å². The predicted molar refractivity (Wildman–Crippen MR) is 37.2 cm³/mol. The number of hydrogen-bond donors (Lipinski definition) is 0. The molecule has 0 fully saturated rings. The first-order chi connectivity index (χ1) is 4.30. The van der Waals surface area contributed by atoms with E-state index in [0.717, 1.165) is 0 Å². The molecule has 0 saturated carbocycles. The highest BCUT2D eigenvalue weighted by Gasteiger charge is 1.84. The van der Waals surface area contributed by atoms with Crippen LogP contribution in [0.4, 0.5) is 0 Å². The lowest BCUT2D eigenvalue weighted by atomic mass is 10.4. The Hall–Kier alpha value is -0.670. The molecule has 1 aromatic rings. The van der Waals surface area contributed by atoms with Gasteiger partial charge >= 0.3 is 0 Å². The predicted octanol–water partition coefficient (Wildman–Crippen LogP) is 1.76. The lowest BCUT2D eigenvalue weighted by Crippen LogP contribution is -1.79. The monoisotopic (exact) mass is 140 g/mol. The molecule has 2 nitrogen and oxygen atoms in total. The van der Waals surface area contributed by atoms with Gasteiger partial charge in [0, 0.05) is 4.90 Å². The number of benzene rings is 1. The number of hydrogen-bond acceptors (Lipinski definition) is 1.